The Morgan fingerprint density at radius 2 is 2.36 bits per heavy atom. The minimum atomic E-state index is 0.384. The zero-order valence-electron chi connectivity index (χ0n) is 7.21. The predicted octanol–water partition coefficient (Wildman–Crippen LogP) is -0.499. The fourth-order valence-corrected chi connectivity index (χ4v) is 0.447. The molecule has 0 N–H and O–H groups in total. The van der Waals surface area contributed by atoms with Crippen molar-refractivity contribution in [2.75, 3.05) is 26.9 Å². The molecule has 11 heavy (non-hydrogen) atoms. The summed E-state index contributed by atoms with van der Waals surface area (Å²) in [7, 11) is 2.56. The van der Waals surface area contributed by atoms with Gasteiger partial charge in [0.15, 0.2) is 0 Å². The number of epoxide rings is 1. The van der Waals surface area contributed by atoms with Gasteiger partial charge in [-0.25, -0.2) is 0 Å². The van der Waals surface area contributed by atoms with E-state index in [1.54, 1.807) is 13.2 Å². The van der Waals surface area contributed by atoms with Crippen molar-refractivity contribution >= 4 is 10.5 Å². The molecule has 0 amide bonds. The number of ether oxygens (including phenoxy) is 2. The van der Waals surface area contributed by atoms with E-state index in [0.29, 0.717) is 12.7 Å². The van der Waals surface area contributed by atoms with E-state index >= 15 is 0 Å². The molecule has 1 atom stereocenters. The lowest BCUT2D eigenvalue weighted by atomic mass is 10.5. The maximum atomic E-state index is 5.06. The molecule has 1 aliphatic rings. The minimum absolute atomic E-state index is 0.384. The van der Waals surface area contributed by atoms with Crippen molar-refractivity contribution in [1.29, 1.82) is 0 Å². The molecule has 0 spiro atoms. The molecule has 0 bridgehead atoms. The van der Waals surface area contributed by atoms with Crippen LogP contribution in [0.1, 0.15) is 0 Å². The van der Waals surface area contributed by atoms with Crippen LogP contribution in [0.15, 0.2) is 12.7 Å². The average molecular weight is 176 g/mol. The first-order valence-corrected chi connectivity index (χ1v) is 4.37. The molecule has 1 heterocycles. The molecule has 1 saturated heterocycles. The van der Waals surface area contributed by atoms with Gasteiger partial charge in [0.05, 0.1) is 19.8 Å². The van der Waals surface area contributed by atoms with Crippen LogP contribution in [0.4, 0.5) is 0 Å². The molecule has 0 aromatic carbocycles. The van der Waals surface area contributed by atoms with Gasteiger partial charge in [-0.2, -0.15) is 0 Å². The lowest BCUT2D eigenvalue weighted by Gasteiger charge is -1.92. The highest BCUT2D eigenvalue weighted by atomic mass is 28.2. The Kier molecular flexibility index (Phi) is 7.82. The van der Waals surface area contributed by atoms with E-state index in [1.807, 2.05) is 0 Å². The predicted molar refractivity (Wildman–Crippen MR) is 47.7 cm³/mol. The zero-order chi connectivity index (χ0) is 8.53. The summed E-state index contributed by atoms with van der Waals surface area (Å²) in [5.41, 5.74) is 0. The third-order valence-corrected chi connectivity index (χ3v) is 0.942. The molecule has 4 heteroatoms. The van der Waals surface area contributed by atoms with Crippen molar-refractivity contribution in [3.8, 4) is 0 Å². The van der Waals surface area contributed by atoms with Crippen LogP contribution in [-0.4, -0.2) is 43.5 Å². The lowest BCUT2D eigenvalue weighted by molar-refractivity contribution is 0.141. The molecular formula is C7H16O3Si. The second-order valence-corrected chi connectivity index (χ2v) is 3.01. The molecule has 0 aromatic rings. The Morgan fingerprint density at radius 3 is 2.73 bits per heavy atom. The van der Waals surface area contributed by atoms with Gasteiger partial charge in [-0.3, -0.25) is 0 Å². The van der Waals surface area contributed by atoms with E-state index in [2.05, 4.69) is 11.0 Å². The van der Waals surface area contributed by atoms with Gasteiger partial charge >= 0.3 is 0 Å². The fourth-order valence-electron chi connectivity index (χ4n) is 0.447. The Balaban J connectivity index is 0.000000292. The van der Waals surface area contributed by atoms with Gasteiger partial charge in [0.1, 0.15) is 16.6 Å². The molecular weight excluding hydrogens is 160 g/mol. The van der Waals surface area contributed by atoms with Gasteiger partial charge < -0.3 is 13.9 Å². The van der Waals surface area contributed by atoms with E-state index in [9.17, 15) is 0 Å². The second kappa shape index (κ2) is 7.94. The smallest absolute Gasteiger partial charge is 0.145 e. The Labute approximate surface area is 70.9 Å². The summed E-state index contributed by atoms with van der Waals surface area (Å²) in [6.45, 7) is 5.75. The first-order valence-electron chi connectivity index (χ1n) is 3.55. The molecule has 1 fully saturated rings. The van der Waals surface area contributed by atoms with Crippen molar-refractivity contribution in [3.63, 3.8) is 0 Å². The standard InChI is InChI=1S/C6H10O2.CH6OSi/c1-2-3-7-4-6-5-8-6;1-2-3/h2,6H,1,3-5H2;1,3H3. The van der Waals surface area contributed by atoms with E-state index in [4.69, 9.17) is 9.47 Å². The largest absolute Gasteiger partial charge is 0.431 e. The maximum absolute atomic E-state index is 5.06. The van der Waals surface area contributed by atoms with Crippen LogP contribution in [0.3, 0.4) is 0 Å². The number of hydrogen-bond acceptors (Lipinski definition) is 3. The Bertz CT molecular complexity index is 93.7. The monoisotopic (exact) mass is 176 g/mol. The summed E-state index contributed by atoms with van der Waals surface area (Å²) in [6.07, 6.45) is 2.12. The SMILES string of the molecule is C=CCOCC1CO1.CO[SiH3]. The van der Waals surface area contributed by atoms with Gasteiger partial charge in [0, 0.05) is 7.11 Å². The van der Waals surface area contributed by atoms with Crippen LogP contribution in [-0.2, 0) is 13.9 Å². The van der Waals surface area contributed by atoms with Crippen molar-refractivity contribution in [1.82, 2.24) is 0 Å². The normalized spacial score (nSPS) is 20.3. The molecule has 1 unspecified atom stereocenters. The van der Waals surface area contributed by atoms with Crippen molar-refractivity contribution in [2.24, 2.45) is 0 Å². The summed E-state index contributed by atoms with van der Waals surface area (Å²) in [5, 5.41) is 0. The summed E-state index contributed by atoms with van der Waals surface area (Å²) >= 11 is 0. The van der Waals surface area contributed by atoms with Gasteiger partial charge in [-0.15, -0.1) is 6.58 Å². The lowest BCUT2D eigenvalue weighted by Crippen LogP contribution is -2.00. The highest BCUT2D eigenvalue weighted by molar-refractivity contribution is 5.97. The van der Waals surface area contributed by atoms with Crippen LogP contribution in [0.2, 0.25) is 0 Å². The maximum Gasteiger partial charge on any atom is 0.145 e. The quantitative estimate of drug-likeness (QED) is 0.250. The van der Waals surface area contributed by atoms with Crippen LogP contribution in [0.25, 0.3) is 0 Å². The van der Waals surface area contributed by atoms with Crippen LogP contribution in [0.5, 0.6) is 0 Å². The molecule has 66 valence electrons. The van der Waals surface area contributed by atoms with Gasteiger partial charge in [0.25, 0.3) is 0 Å². The van der Waals surface area contributed by atoms with Crippen molar-refractivity contribution < 1.29 is 13.9 Å². The highest BCUT2D eigenvalue weighted by Gasteiger charge is 2.21. The number of rotatable bonds is 4. The van der Waals surface area contributed by atoms with Crippen molar-refractivity contribution in [3.05, 3.63) is 12.7 Å². The topological polar surface area (TPSA) is 31.0 Å². The van der Waals surface area contributed by atoms with E-state index in [0.717, 1.165) is 23.7 Å². The number of hydrogen-bond donors (Lipinski definition) is 0. The highest BCUT2D eigenvalue weighted by Crippen LogP contribution is 2.07. The van der Waals surface area contributed by atoms with E-state index in [1.165, 1.54) is 0 Å². The molecule has 0 aliphatic carbocycles. The van der Waals surface area contributed by atoms with Crippen LogP contribution >= 0.6 is 0 Å². The Morgan fingerprint density at radius 1 is 1.82 bits per heavy atom. The molecule has 1 aliphatic heterocycles. The first kappa shape index (κ1) is 10.8. The van der Waals surface area contributed by atoms with Gasteiger partial charge in [-0.05, 0) is 0 Å². The van der Waals surface area contributed by atoms with Gasteiger partial charge in [0.2, 0.25) is 0 Å². The summed E-state index contributed by atoms with van der Waals surface area (Å²) in [4.78, 5) is 0. The molecule has 0 aromatic heterocycles. The second-order valence-electron chi connectivity index (χ2n) is 2.19. The van der Waals surface area contributed by atoms with E-state index < -0.39 is 0 Å². The molecule has 0 radical (unpaired) electrons. The van der Waals surface area contributed by atoms with Crippen LogP contribution < -0.4 is 0 Å². The molecule has 1 rings (SSSR count). The molecule has 0 saturated carbocycles. The summed E-state index contributed by atoms with van der Waals surface area (Å²) in [5.74, 6) is 0. The fraction of sp³-hybridized carbons (Fsp3) is 0.714. The zero-order valence-corrected chi connectivity index (χ0v) is 9.21. The van der Waals surface area contributed by atoms with Crippen LogP contribution in [0, 0.1) is 0 Å². The van der Waals surface area contributed by atoms with E-state index in [-0.39, 0.29) is 0 Å². The summed E-state index contributed by atoms with van der Waals surface area (Å²) in [6, 6.07) is 0. The van der Waals surface area contributed by atoms with Crippen molar-refractivity contribution in [2.45, 2.75) is 6.10 Å². The minimum Gasteiger partial charge on any atom is -0.431 e. The average Bonchev–Trinajstić information content (AvgIpc) is 2.74. The first-order chi connectivity index (χ1) is 5.35. The Hall–Kier alpha value is -0.163. The summed E-state index contributed by atoms with van der Waals surface area (Å²) < 4.78 is 14.3. The molecule has 3 nitrogen and oxygen atoms in total. The third kappa shape index (κ3) is 9.84. The van der Waals surface area contributed by atoms with Gasteiger partial charge in [-0.1, -0.05) is 6.08 Å². The third-order valence-electron chi connectivity index (χ3n) is 0.942.